The van der Waals surface area contributed by atoms with Crippen molar-refractivity contribution in [2.24, 2.45) is 0 Å². The van der Waals surface area contributed by atoms with Gasteiger partial charge in [0, 0.05) is 18.0 Å². The number of nitrogens with zero attached hydrogens (tertiary/aromatic N) is 3. The molecule has 0 spiro atoms. The molecule has 0 N–H and O–H groups in total. The van der Waals surface area contributed by atoms with Gasteiger partial charge >= 0.3 is 0 Å². The molecule has 1 saturated heterocycles. The summed E-state index contributed by atoms with van der Waals surface area (Å²) in [6.07, 6.45) is 0.290. The summed E-state index contributed by atoms with van der Waals surface area (Å²) < 4.78 is 11.0. The van der Waals surface area contributed by atoms with E-state index in [-0.39, 0.29) is 18.2 Å². The van der Waals surface area contributed by atoms with Crippen LogP contribution in [0.3, 0.4) is 0 Å². The molecule has 2 aromatic carbocycles. The number of thioether (sulfide) groups is 1. The van der Waals surface area contributed by atoms with E-state index in [1.807, 2.05) is 62.4 Å². The summed E-state index contributed by atoms with van der Waals surface area (Å²) in [4.78, 5) is 16.9. The minimum Gasteiger partial charge on any atom is -0.494 e. The average Bonchev–Trinajstić information content (AvgIpc) is 2.80. The zero-order valence-electron chi connectivity index (χ0n) is 17.7. The van der Waals surface area contributed by atoms with Crippen molar-refractivity contribution in [3.8, 4) is 17.6 Å². The lowest BCUT2D eigenvalue weighted by atomic mass is 9.86. The smallest absolute Gasteiger partial charge is 0.229 e. The van der Waals surface area contributed by atoms with E-state index in [9.17, 15) is 10.1 Å². The van der Waals surface area contributed by atoms with E-state index in [1.165, 1.54) is 0 Å². The third-order valence-electron chi connectivity index (χ3n) is 5.40. The molecule has 2 aliphatic heterocycles. The number of allylic oxidation sites excluding steroid dienone is 1. The molecule has 6 nitrogen and oxygen atoms in total. The predicted molar refractivity (Wildman–Crippen MR) is 122 cm³/mol. The van der Waals surface area contributed by atoms with Crippen molar-refractivity contribution in [2.45, 2.75) is 26.2 Å². The van der Waals surface area contributed by atoms with Gasteiger partial charge in [0.1, 0.15) is 11.5 Å². The molecule has 4 rings (SSSR count). The summed E-state index contributed by atoms with van der Waals surface area (Å²) in [6.45, 7) is 5.57. The van der Waals surface area contributed by atoms with E-state index >= 15 is 0 Å². The van der Waals surface area contributed by atoms with Crippen molar-refractivity contribution in [3.05, 3.63) is 64.7 Å². The van der Waals surface area contributed by atoms with Crippen molar-refractivity contribution in [2.75, 3.05) is 30.7 Å². The number of rotatable bonds is 6. The first-order valence-electron chi connectivity index (χ1n) is 10.4. The molecular formula is C24H25N3O3S. The number of fused-ring (bicyclic) bond motifs is 1. The second-order valence-corrected chi connectivity index (χ2v) is 8.23. The van der Waals surface area contributed by atoms with Crippen molar-refractivity contribution >= 4 is 23.4 Å². The Labute approximate surface area is 187 Å². The van der Waals surface area contributed by atoms with E-state index in [0.29, 0.717) is 31.3 Å². The maximum Gasteiger partial charge on any atom is 0.229 e. The van der Waals surface area contributed by atoms with Crippen LogP contribution in [0.1, 0.15) is 31.7 Å². The SMILES string of the molecule is CCOc1ccc([C@@H]2CC(=O)N3CN(c4ccc(OCC)cc4)CSC3=C2C#N)cc1. The fourth-order valence-corrected chi connectivity index (χ4v) is 5.06. The Morgan fingerprint density at radius 3 is 2.23 bits per heavy atom. The van der Waals surface area contributed by atoms with Gasteiger partial charge in [0.05, 0.1) is 42.4 Å². The standard InChI is InChI=1S/C24H25N3O3S/c1-3-29-19-9-5-17(6-10-19)21-13-23(28)27-15-26(16-31-24(27)22(21)14-25)18-7-11-20(12-8-18)30-4-2/h5-12,21H,3-4,13,15-16H2,1-2H3/t21-/m0/s1. The molecule has 0 saturated carbocycles. The number of carbonyl (C=O) groups is 1. The molecule has 1 atom stereocenters. The Morgan fingerprint density at radius 2 is 1.65 bits per heavy atom. The molecule has 31 heavy (non-hydrogen) atoms. The summed E-state index contributed by atoms with van der Waals surface area (Å²) in [5.41, 5.74) is 2.66. The van der Waals surface area contributed by atoms with Crippen molar-refractivity contribution in [3.63, 3.8) is 0 Å². The Hall–Kier alpha value is -3.11. The van der Waals surface area contributed by atoms with Gasteiger partial charge in [-0.05, 0) is 55.8 Å². The van der Waals surface area contributed by atoms with E-state index in [2.05, 4.69) is 11.0 Å². The van der Waals surface area contributed by atoms with Crippen LogP contribution in [0.5, 0.6) is 11.5 Å². The first-order valence-corrected chi connectivity index (χ1v) is 11.4. The molecular weight excluding hydrogens is 410 g/mol. The second kappa shape index (κ2) is 9.36. The lowest BCUT2D eigenvalue weighted by Gasteiger charge is -2.42. The number of nitriles is 1. The Balaban J connectivity index is 1.56. The quantitative estimate of drug-likeness (QED) is 0.655. The van der Waals surface area contributed by atoms with Gasteiger partial charge in [-0.2, -0.15) is 5.26 Å². The third kappa shape index (κ3) is 4.35. The maximum atomic E-state index is 13.1. The Kier molecular flexibility index (Phi) is 6.38. The highest BCUT2D eigenvalue weighted by Gasteiger charge is 2.38. The van der Waals surface area contributed by atoms with E-state index in [1.54, 1.807) is 16.7 Å². The molecule has 7 heteroatoms. The predicted octanol–water partition coefficient (Wildman–Crippen LogP) is 4.70. The fourth-order valence-electron chi connectivity index (χ4n) is 3.89. The van der Waals surface area contributed by atoms with E-state index in [0.717, 1.165) is 27.8 Å². The molecule has 1 amide bonds. The van der Waals surface area contributed by atoms with Gasteiger partial charge in [0.15, 0.2) is 0 Å². The number of benzene rings is 2. The molecule has 0 aromatic heterocycles. The molecule has 2 aromatic rings. The highest BCUT2D eigenvalue weighted by atomic mass is 32.2. The van der Waals surface area contributed by atoms with Crippen LogP contribution >= 0.6 is 11.8 Å². The summed E-state index contributed by atoms with van der Waals surface area (Å²) in [5, 5.41) is 10.7. The minimum atomic E-state index is -0.219. The van der Waals surface area contributed by atoms with Crippen LogP contribution in [0.15, 0.2) is 59.1 Å². The number of hydrogen-bond donors (Lipinski definition) is 0. The summed E-state index contributed by atoms with van der Waals surface area (Å²) in [6, 6.07) is 18.0. The third-order valence-corrected chi connectivity index (χ3v) is 6.55. The summed E-state index contributed by atoms with van der Waals surface area (Å²) in [5.74, 6) is 2.11. The van der Waals surface area contributed by atoms with Crippen LogP contribution in [0.4, 0.5) is 5.69 Å². The second-order valence-electron chi connectivity index (χ2n) is 7.29. The first-order chi connectivity index (χ1) is 15.1. The van der Waals surface area contributed by atoms with Crippen LogP contribution in [-0.2, 0) is 4.79 Å². The van der Waals surface area contributed by atoms with Gasteiger partial charge in [-0.3, -0.25) is 9.69 Å². The molecule has 0 aliphatic carbocycles. The Bertz CT molecular complexity index is 1010. The molecule has 2 aliphatic rings. The highest BCUT2D eigenvalue weighted by Crippen LogP contribution is 2.43. The van der Waals surface area contributed by atoms with Gasteiger partial charge in [-0.15, -0.1) is 0 Å². The van der Waals surface area contributed by atoms with Gasteiger partial charge in [0.25, 0.3) is 0 Å². The summed E-state index contributed by atoms with van der Waals surface area (Å²) >= 11 is 1.54. The van der Waals surface area contributed by atoms with Crippen LogP contribution in [0.25, 0.3) is 0 Å². The number of ether oxygens (including phenoxy) is 2. The van der Waals surface area contributed by atoms with Gasteiger partial charge in [0.2, 0.25) is 5.91 Å². The lowest BCUT2D eigenvalue weighted by molar-refractivity contribution is -0.129. The van der Waals surface area contributed by atoms with E-state index < -0.39 is 0 Å². The first kappa shape index (κ1) is 21.1. The number of hydrogen-bond acceptors (Lipinski definition) is 6. The number of anilines is 1. The number of amides is 1. The van der Waals surface area contributed by atoms with Crippen LogP contribution < -0.4 is 14.4 Å². The van der Waals surface area contributed by atoms with Gasteiger partial charge < -0.3 is 14.4 Å². The maximum absolute atomic E-state index is 13.1. The van der Waals surface area contributed by atoms with Gasteiger partial charge in [-0.25, -0.2) is 0 Å². The molecule has 2 heterocycles. The molecule has 1 fully saturated rings. The summed E-state index contributed by atoms with van der Waals surface area (Å²) in [7, 11) is 0. The minimum absolute atomic E-state index is 0.0380. The van der Waals surface area contributed by atoms with Gasteiger partial charge in [-0.1, -0.05) is 23.9 Å². The molecule has 0 radical (unpaired) electrons. The molecule has 160 valence electrons. The lowest BCUT2D eigenvalue weighted by Crippen LogP contribution is -2.47. The zero-order valence-corrected chi connectivity index (χ0v) is 18.5. The van der Waals surface area contributed by atoms with Crippen LogP contribution in [0, 0.1) is 11.3 Å². The van der Waals surface area contributed by atoms with Crippen LogP contribution in [-0.4, -0.2) is 36.6 Å². The topological polar surface area (TPSA) is 65.8 Å². The monoisotopic (exact) mass is 435 g/mol. The molecule has 0 unspecified atom stereocenters. The zero-order chi connectivity index (χ0) is 21.8. The largest absolute Gasteiger partial charge is 0.494 e. The fraction of sp³-hybridized carbons (Fsp3) is 0.333. The van der Waals surface area contributed by atoms with Crippen molar-refractivity contribution in [1.82, 2.24) is 4.90 Å². The van der Waals surface area contributed by atoms with Crippen LogP contribution in [0.2, 0.25) is 0 Å². The van der Waals surface area contributed by atoms with Crippen molar-refractivity contribution in [1.29, 1.82) is 5.26 Å². The Morgan fingerprint density at radius 1 is 1.03 bits per heavy atom. The highest BCUT2D eigenvalue weighted by molar-refractivity contribution is 8.03. The average molecular weight is 436 g/mol. The van der Waals surface area contributed by atoms with E-state index in [4.69, 9.17) is 9.47 Å². The normalized spacial score (nSPS) is 18.5. The number of carbonyl (C=O) groups excluding carboxylic acids is 1. The molecule has 0 bridgehead atoms. The van der Waals surface area contributed by atoms with Crippen molar-refractivity contribution < 1.29 is 14.3 Å².